The van der Waals surface area contributed by atoms with E-state index in [0.29, 0.717) is 6.54 Å². The molecule has 3 nitrogen and oxygen atoms in total. The van der Waals surface area contributed by atoms with Crippen molar-refractivity contribution in [1.29, 1.82) is 0 Å². The first-order chi connectivity index (χ1) is 5.18. The molecule has 0 aliphatic heterocycles. The molecule has 0 atom stereocenters. The number of aliphatic hydroxyl groups excluding tert-OH is 1. The van der Waals surface area contributed by atoms with Crippen LogP contribution in [0.3, 0.4) is 0 Å². The van der Waals surface area contributed by atoms with Gasteiger partial charge in [0.05, 0.1) is 6.54 Å². The highest BCUT2D eigenvalue weighted by Crippen LogP contribution is 1.90. The van der Waals surface area contributed by atoms with E-state index in [9.17, 15) is 4.79 Å². The van der Waals surface area contributed by atoms with Crippen molar-refractivity contribution in [1.82, 2.24) is 4.57 Å². The number of nitrogens with zero attached hydrogens (tertiary/aromatic N) is 1. The third-order valence-corrected chi connectivity index (χ3v) is 1.23. The molecule has 11 heavy (non-hydrogen) atoms. The van der Waals surface area contributed by atoms with Gasteiger partial charge in [-0.15, -0.1) is 0 Å². The average molecular weight is 151 g/mol. The second kappa shape index (κ2) is 3.05. The smallest absolute Gasteiger partial charge is 0.181 e. The fourth-order valence-electron chi connectivity index (χ4n) is 0.760. The number of aliphatic hydroxyl groups is 1. The largest absolute Gasteiger partial charge is 0.511 e. The van der Waals surface area contributed by atoms with Gasteiger partial charge in [-0.05, 0) is 0 Å². The van der Waals surface area contributed by atoms with Crippen molar-refractivity contribution < 1.29 is 5.11 Å². The molecule has 3 heteroatoms. The molecule has 0 fully saturated rings. The summed E-state index contributed by atoms with van der Waals surface area (Å²) in [6.45, 7) is 3.66. The molecule has 0 bridgehead atoms. The molecule has 1 heterocycles. The van der Waals surface area contributed by atoms with Gasteiger partial charge in [0.15, 0.2) is 5.43 Å². The van der Waals surface area contributed by atoms with Crippen LogP contribution in [-0.4, -0.2) is 9.67 Å². The van der Waals surface area contributed by atoms with Gasteiger partial charge in [0, 0.05) is 24.5 Å². The second-order valence-electron chi connectivity index (χ2n) is 2.27. The van der Waals surface area contributed by atoms with Crippen molar-refractivity contribution in [2.24, 2.45) is 0 Å². The molecule has 1 aromatic rings. The molecule has 58 valence electrons. The van der Waals surface area contributed by atoms with E-state index in [-0.39, 0.29) is 11.2 Å². The highest BCUT2D eigenvalue weighted by Gasteiger charge is 1.89. The summed E-state index contributed by atoms with van der Waals surface area (Å²) in [6, 6.07) is 2.87. The van der Waals surface area contributed by atoms with Crippen LogP contribution in [0.1, 0.15) is 0 Å². The monoisotopic (exact) mass is 151 g/mol. The molecular formula is C8H9NO2. The van der Waals surface area contributed by atoms with Crippen LogP contribution in [0, 0.1) is 0 Å². The van der Waals surface area contributed by atoms with Crippen LogP contribution in [-0.2, 0) is 6.54 Å². The summed E-state index contributed by atoms with van der Waals surface area (Å²) in [5.74, 6) is 0.0775. The normalized spacial score (nSPS) is 9.45. The molecule has 0 aliphatic carbocycles. The number of aromatic nitrogens is 1. The lowest BCUT2D eigenvalue weighted by molar-refractivity contribution is 0.378. The van der Waals surface area contributed by atoms with Crippen LogP contribution in [0.15, 0.2) is 41.7 Å². The first-order valence-corrected chi connectivity index (χ1v) is 3.21. The van der Waals surface area contributed by atoms with Crippen LogP contribution >= 0.6 is 0 Å². The molecule has 0 radical (unpaired) electrons. The maximum atomic E-state index is 10.6. The van der Waals surface area contributed by atoms with Gasteiger partial charge >= 0.3 is 0 Å². The minimum absolute atomic E-state index is 0.0372. The van der Waals surface area contributed by atoms with Crippen molar-refractivity contribution >= 4 is 0 Å². The standard InChI is InChI=1S/C8H9NO2/c1-7(10)6-9-4-2-8(11)3-5-9/h2-5,10H,1,6H2. The van der Waals surface area contributed by atoms with E-state index >= 15 is 0 Å². The van der Waals surface area contributed by atoms with Crippen LogP contribution in [0.2, 0.25) is 0 Å². The van der Waals surface area contributed by atoms with E-state index in [4.69, 9.17) is 5.11 Å². The Morgan fingerprint density at radius 1 is 1.55 bits per heavy atom. The highest BCUT2D eigenvalue weighted by atomic mass is 16.3. The first-order valence-electron chi connectivity index (χ1n) is 3.21. The Balaban J connectivity index is 2.82. The summed E-state index contributed by atoms with van der Waals surface area (Å²) in [6.07, 6.45) is 3.20. The topological polar surface area (TPSA) is 42.2 Å². The average Bonchev–Trinajstić information content (AvgIpc) is 1.93. The summed E-state index contributed by atoms with van der Waals surface area (Å²) in [7, 11) is 0. The number of allylic oxidation sites excluding steroid dienone is 1. The first kappa shape index (κ1) is 7.60. The van der Waals surface area contributed by atoms with Gasteiger partial charge in [0.1, 0.15) is 5.76 Å². The minimum atomic E-state index is -0.0372. The van der Waals surface area contributed by atoms with Crippen LogP contribution < -0.4 is 5.43 Å². The van der Waals surface area contributed by atoms with E-state index < -0.39 is 0 Å². The number of hydrogen-bond donors (Lipinski definition) is 1. The molecule has 1 rings (SSSR count). The summed E-state index contributed by atoms with van der Waals surface area (Å²) in [5.41, 5.74) is -0.0372. The fraction of sp³-hybridized carbons (Fsp3) is 0.125. The van der Waals surface area contributed by atoms with Crippen LogP contribution in [0.4, 0.5) is 0 Å². The number of hydrogen-bond acceptors (Lipinski definition) is 2. The van der Waals surface area contributed by atoms with Gasteiger partial charge in [0.25, 0.3) is 0 Å². The lowest BCUT2D eigenvalue weighted by atomic mass is 10.4. The van der Waals surface area contributed by atoms with Gasteiger partial charge in [-0.25, -0.2) is 0 Å². The predicted molar refractivity (Wildman–Crippen MR) is 42.5 cm³/mol. The van der Waals surface area contributed by atoms with Gasteiger partial charge in [-0.3, -0.25) is 4.79 Å². The fourth-order valence-corrected chi connectivity index (χ4v) is 0.760. The zero-order valence-corrected chi connectivity index (χ0v) is 6.03. The Morgan fingerprint density at radius 3 is 2.55 bits per heavy atom. The molecule has 0 amide bonds. The van der Waals surface area contributed by atoms with Gasteiger partial charge < -0.3 is 9.67 Å². The molecular weight excluding hydrogens is 142 g/mol. The Hall–Kier alpha value is -1.51. The zero-order chi connectivity index (χ0) is 8.27. The van der Waals surface area contributed by atoms with E-state index in [1.54, 1.807) is 17.0 Å². The summed E-state index contributed by atoms with van der Waals surface area (Å²) >= 11 is 0. The third-order valence-electron chi connectivity index (χ3n) is 1.23. The van der Waals surface area contributed by atoms with Crippen molar-refractivity contribution in [3.8, 4) is 0 Å². The molecule has 0 spiro atoms. The van der Waals surface area contributed by atoms with Crippen LogP contribution in [0.5, 0.6) is 0 Å². The minimum Gasteiger partial charge on any atom is -0.511 e. The van der Waals surface area contributed by atoms with Gasteiger partial charge in [-0.1, -0.05) is 6.58 Å². The molecule has 1 aromatic heterocycles. The Kier molecular flexibility index (Phi) is 2.11. The Morgan fingerprint density at radius 2 is 2.09 bits per heavy atom. The zero-order valence-electron chi connectivity index (χ0n) is 6.03. The maximum Gasteiger partial charge on any atom is 0.181 e. The third kappa shape index (κ3) is 2.29. The summed E-state index contributed by atoms with van der Waals surface area (Å²) in [4.78, 5) is 10.6. The molecule has 0 saturated heterocycles. The Labute approximate surface area is 64.2 Å². The van der Waals surface area contributed by atoms with Crippen LogP contribution in [0.25, 0.3) is 0 Å². The molecule has 0 saturated carbocycles. The van der Waals surface area contributed by atoms with Gasteiger partial charge in [-0.2, -0.15) is 0 Å². The van der Waals surface area contributed by atoms with E-state index in [2.05, 4.69) is 6.58 Å². The second-order valence-corrected chi connectivity index (χ2v) is 2.27. The van der Waals surface area contributed by atoms with Crippen molar-refractivity contribution in [3.63, 3.8) is 0 Å². The molecule has 0 aliphatic rings. The number of rotatable bonds is 2. The predicted octanol–water partition coefficient (Wildman–Crippen LogP) is 0.920. The summed E-state index contributed by atoms with van der Waals surface area (Å²) in [5, 5.41) is 8.78. The maximum absolute atomic E-state index is 10.6. The molecule has 1 N–H and O–H groups in total. The van der Waals surface area contributed by atoms with E-state index in [0.717, 1.165) is 0 Å². The quantitative estimate of drug-likeness (QED) is 0.638. The van der Waals surface area contributed by atoms with E-state index in [1.165, 1.54) is 12.1 Å². The van der Waals surface area contributed by atoms with E-state index in [1.807, 2.05) is 0 Å². The molecule has 0 aromatic carbocycles. The Bertz CT molecular complexity index is 294. The van der Waals surface area contributed by atoms with Crippen molar-refractivity contribution in [3.05, 3.63) is 47.1 Å². The summed E-state index contributed by atoms with van der Waals surface area (Å²) < 4.78 is 1.67. The van der Waals surface area contributed by atoms with Gasteiger partial charge in [0.2, 0.25) is 0 Å². The number of pyridine rings is 1. The lowest BCUT2D eigenvalue weighted by Gasteiger charge is -2.02. The SMILES string of the molecule is C=C(O)Cn1ccc(=O)cc1. The molecule has 0 unspecified atom stereocenters. The lowest BCUT2D eigenvalue weighted by Crippen LogP contribution is -2.04. The van der Waals surface area contributed by atoms with Crippen molar-refractivity contribution in [2.45, 2.75) is 6.54 Å². The van der Waals surface area contributed by atoms with Crippen molar-refractivity contribution in [2.75, 3.05) is 0 Å². The highest BCUT2D eigenvalue weighted by molar-refractivity contribution is 4.95.